The molecule has 0 saturated carbocycles. The molecule has 2 N–H and O–H groups in total. The predicted molar refractivity (Wildman–Crippen MR) is 67.6 cm³/mol. The molecule has 0 aliphatic carbocycles. The van der Waals surface area contributed by atoms with E-state index >= 15 is 0 Å². The fraction of sp³-hybridized carbons (Fsp3) is 0.333. The van der Waals surface area contributed by atoms with Crippen molar-refractivity contribution in [3.8, 4) is 0 Å². The fourth-order valence-corrected chi connectivity index (χ4v) is 2.16. The summed E-state index contributed by atoms with van der Waals surface area (Å²) in [6.07, 6.45) is 0.582. The summed E-state index contributed by atoms with van der Waals surface area (Å²) in [7, 11) is 0. The number of imidazole rings is 1. The van der Waals surface area contributed by atoms with Gasteiger partial charge in [0.25, 0.3) is 0 Å². The largest absolute Gasteiger partial charge is 0.370 e. The molecule has 2 aromatic rings. The van der Waals surface area contributed by atoms with Crippen molar-refractivity contribution >= 4 is 28.5 Å². The maximum Gasteiger partial charge on any atom is 0.217 e. The molecule has 0 bridgehead atoms. The molecule has 2 rings (SSSR count). The van der Waals surface area contributed by atoms with E-state index < -0.39 is 17.5 Å². The molecule has 19 heavy (non-hydrogen) atoms. The lowest BCUT2D eigenvalue weighted by Gasteiger charge is -2.07. The number of halogens is 3. The van der Waals surface area contributed by atoms with Gasteiger partial charge in [-0.3, -0.25) is 4.79 Å². The van der Waals surface area contributed by atoms with Gasteiger partial charge in [0, 0.05) is 13.0 Å². The first-order valence-corrected chi connectivity index (χ1v) is 6.25. The number of aryl methyl sites for hydroxylation is 1. The zero-order valence-corrected chi connectivity index (χ0v) is 10.8. The van der Waals surface area contributed by atoms with E-state index in [4.69, 9.17) is 17.3 Å². The quantitative estimate of drug-likeness (QED) is 0.858. The summed E-state index contributed by atoms with van der Waals surface area (Å²) in [5.74, 6) is -1.83. The van der Waals surface area contributed by atoms with Crippen molar-refractivity contribution in [1.82, 2.24) is 9.55 Å². The van der Waals surface area contributed by atoms with E-state index in [2.05, 4.69) is 4.98 Å². The molecule has 1 aromatic carbocycles. The molecule has 1 aromatic heterocycles. The van der Waals surface area contributed by atoms with Crippen LogP contribution >= 0.6 is 11.6 Å². The SMILES string of the molecule is NC(=O)CCCn1c(CCl)nc2ccc(F)c(F)c21. The summed E-state index contributed by atoms with van der Waals surface area (Å²) in [5.41, 5.74) is 5.46. The summed E-state index contributed by atoms with van der Waals surface area (Å²) >= 11 is 5.75. The number of carbonyl (C=O) groups is 1. The van der Waals surface area contributed by atoms with Gasteiger partial charge in [-0.15, -0.1) is 11.6 Å². The number of nitrogens with two attached hydrogens (primary N) is 1. The molecule has 1 amide bonds. The van der Waals surface area contributed by atoms with Crippen molar-refractivity contribution in [1.29, 1.82) is 0 Å². The number of benzene rings is 1. The molecule has 102 valence electrons. The van der Waals surface area contributed by atoms with Crippen molar-refractivity contribution in [2.24, 2.45) is 5.73 Å². The third-order valence-corrected chi connectivity index (χ3v) is 3.04. The van der Waals surface area contributed by atoms with E-state index in [-0.39, 0.29) is 17.8 Å². The van der Waals surface area contributed by atoms with Gasteiger partial charge in [-0.2, -0.15) is 0 Å². The zero-order chi connectivity index (χ0) is 14.0. The van der Waals surface area contributed by atoms with Crippen molar-refractivity contribution in [3.05, 3.63) is 29.6 Å². The van der Waals surface area contributed by atoms with Gasteiger partial charge in [-0.05, 0) is 18.6 Å². The first-order valence-electron chi connectivity index (χ1n) is 5.72. The maximum atomic E-state index is 13.8. The Balaban J connectivity index is 2.44. The lowest BCUT2D eigenvalue weighted by Crippen LogP contribution is -2.12. The molecular formula is C12H12ClF2N3O. The van der Waals surface area contributed by atoms with Crippen molar-refractivity contribution in [2.45, 2.75) is 25.3 Å². The van der Waals surface area contributed by atoms with Crippen LogP contribution in [0.3, 0.4) is 0 Å². The van der Waals surface area contributed by atoms with Gasteiger partial charge in [0.05, 0.1) is 11.4 Å². The molecule has 0 unspecified atom stereocenters. The number of alkyl halides is 1. The Kier molecular flexibility index (Phi) is 3.99. The summed E-state index contributed by atoms with van der Waals surface area (Å²) in [6, 6.07) is 2.42. The third kappa shape index (κ3) is 2.68. The van der Waals surface area contributed by atoms with Gasteiger partial charge < -0.3 is 10.3 Å². The number of nitrogens with zero attached hydrogens (tertiary/aromatic N) is 2. The Morgan fingerprint density at radius 2 is 2.16 bits per heavy atom. The Morgan fingerprint density at radius 3 is 2.79 bits per heavy atom. The van der Waals surface area contributed by atoms with Crippen LogP contribution in [0.1, 0.15) is 18.7 Å². The Hall–Kier alpha value is -1.69. The van der Waals surface area contributed by atoms with E-state index in [9.17, 15) is 13.6 Å². The van der Waals surface area contributed by atoms with E-state index in [1.54, 1.807) is 0 Å². The number of hydrogen-bond acceptors (Lipinski definition) is 2. The van der Waals surface area contributed by atoms with Gasteiger partial charge in [0.2, 0.25) is 5.91 Å². The normalized spacial score (nSPS) is 11.1. The van der Waals surface area contributed by atoms with Crippen LogP contribution < -0.4 is 5.73 Å². The molecule has 1 heterocycles. The van der Waals surface area contributed by atoms with Crippen LogP contribution in [0.2, 0.25) is 0 Å². The second kappa shape index (κ2) is 5.52. The van der Waals surface area contributed by atoms with Crippen molar-refractivity contribution < 1.29 is 13.6 Å². The van der Waals surface area contributed by atoms with Crippen LogP contribution in [0.25, 0.3) is 11.0 Å². The maximum absolute atomic E-state index is 13.8. The molecule has 0 aliphatic rings. The monoisotopic (exact) mass is 287 g/mol. The van der Waals surface area contributed by atoms with Gasteiger partial charge in [0.1, 0.15) is 11.3 Å². The highest BCUT2D eigenvalue weighted by Gasteiger charge is 2.16. The summed E-state index contributed by atoms with van der Waals surface area (Å²) in [5, 5.41) is 0. The average molecular weight is 288 g/mol. The standard InChI is InChI=1S/C12H12ClF2N3O/c13-6-10-17-8-4-3-7(14)11(15)12(8)18(10)5-1-2-9(16)19/h3-4H,1-2,5-6H2,(H2,16,19). The smallest absolute Gasteiger partial charge is 0.217 e. The molecule has 4 nitrogen and oxygen atoms in total. The van der Waals surface area contributed by atoms with E-state index in [1.165, 1.54) is 10.6 Å². The summed E-state index contributed by atoms with van der Waals surface area (Å²) in [6.45, 7) is 0.307. The lowest BCUT2D eigenvalue weighted by atomic mass is 10.2. The molecule has 0 radical (unpaired) electrons. The zero-order valence-electron chi connectivity index (χ0n) is 10.00. The number of amides is 1. The highest BCUT2D eigenvalue weighted by molar-refractivity contribution is 6.16. The van der Waals surface area contributed by atoms with Gasteiger partial charge in [-0.25, -0.2) is 13.8 Å². The Morgan fingerprint density at radius 1 is 1.42 bits per heavy atom. The van der Waals surface area contributed by atoms with Gasteiger partial charge in [-0.1, -0.05) is 0 Å². The van der Waals surface area contributed by atoms with E-state index in [1.807, 2.05) is 0 Å². The van der Waals surface area contributed by atoms with Crippen molar-refractivity contribution in [3.63, 3.8) is 0 Å². The molecule has 0 saturated heterocycles. The average Bonchev–Trinajstić information content (AvgIpc) is 2.72. The third-order valence-electron chi connectivity index (χ3n) is 2.80. The topological polar surface area (TPSA) is 60.9 Å². The van der Waals surface area contributed by atoms with Crippen LogP contribution in [-0.4, -0.2) is 15.5 Å². The lowest BCUT2D eigenvalue weighted by molar-refractivity contribution is -0.118. The molecule has 7 heteroatoms. The number of carbonyl (C=O) groups excluding carboxylic acids is 1. The molecule has 0 spiro atoms. The highest BCUT2D eigenvalue weighted by Crippen LogP contribution is 2.23. The van der Waals surface area contributed by atoms with Gasteiger partial charge in [0.15, 0.2) is 11.6 Å². The Labute approximate surface area is 113 Å². The second-order valence-electron chi connectivity index (χ2n) is 4.11. The minimum absolute atomic E-state index is 0.0696. The molecule has 0 aliphatic heterocycles. The molecule has 0 fully saturated rings. The number of rotatable bonds is 5. The minimum atomic E-state index is -0.958. The van der Waals surface area contributed by atoms with Crippen LogP contribution in [0.5, 0.6) is 0 Å². The Bertz CT molecular complexity index is 627. The molecular weight excluding hydrogens is 276 g/mol. The van der Waals surface area contributed by atoms with E-state index in [0.29, 0.717) is 24.3 Å². The first-order chi connectivity index (χ1) is 9.04. The van der Waals surface area contributed by atoms with Gasteiger partial charge >= 0.3 is 0 Å². The fourth-order valence-electron chi connectivity index (χ4n) is 1.96. The van der Waals surface area contributed by atoms with E-state index in [0.717, 1.165) is 6.07 Å². The number of hydrogen-bond donors (Lipinski definition) is 1. The number of primary amides is 1. The van der Waals surface area contributed by atoms with Crippen LogP contribution in [-0.2, 0) is 17.2 Å². The van der Waals surface area contributed by atoms with Crippen LogP contribution in [0.15, 0.2) is 12.1 Å². The number of aromatic nitrogens is 2. The van der Waals surface area contributed by atoms with Crippen molar-refractivity contribution in [2.75, 3.05) is 0 Å². The van der Waals surface area contributed by atoms with Crippen LogP contribution in [0.4, 0.5) is 8.78 Å². The van der Waals surface area contributed by atoms with Crippen LogP contribution in [0, 0.1) is 11.6 Å². The summed E-state index contributed by atoms with van der Waals surface area (Å²) in [4.78, 5) is 14.8. The molecule has 0 atom stereocenters. The second-order valence-corrected chi connectivity index (χ2v) is 4.38. The highest BCUT2D eigenvalue weighted by atomic mass is 35.5. The number of fused-ring (bicyclic) bond motifs is 1. The predicted octanol–water partition coefficient (Wildman–Crippen LogP) is 2.32. The summed E-state index contributed by atoms with van der Waals surface area (Å²) < 4.78 is 28.6. The minimum Gasteiger partial charge on any atom is -0.370 e. The first kappa shape index (κ1) is 13.7.